The lowest BCUT2D eigenvalue weighted by atomic mass is 10.0. The van der Waals surface area contributed by atoms with E-state index in [2.05, 4.69) is 20.9 Å². The number of carboxylic acids is 1. The first kappa shape index (κ1) is 21.5. The molecule has 1 aromatic carbocycles. The van der Waals surface area contributed by atoms with Crippen LogP contribution in [0.4, 0.5) is 5.82 Å². The van der Waals surface area contributed by atoms with E-state index in [9.17, 15) is 19.2 Å². The van der Waals surface area contributed by atoms with Crippen LogP contribution >= 0.6 is 0 Å². The van der Waals surface area contributed by atoms with E-state index in [0.717, 1.165) is 5.56 Å². The summed E-state index contributed by atoms with van der Waals surface area (Å²) < 4.78 is 0. The first-order valence-corrected chi connectivity index (χ1v) is 8.88. The van der Waals surface area contributed by atoms with E-state index >= 15 is 0 Å². The molecule has 1 aromatic heterocycles. The Labute approximate surface area is 167 Å². The van der Waals surface area contributed by atoms with Gasteiger partial charge in [-0.05, 0) is 24.6 Å². The molecular formula is C20H22N4O5. The zero-order valence-electron chi connectivity index (χ0n) is 16.0. The molecule has 2 aromatic rings. The van der Waals surface area contributed by atoms with Crippen LogP contribution in [0.3, 0.4) is 0 Å². The molecule has 9 nitrogen and oxygen atoms in total. The number of aromatic nitrogens is 1. The van der Waals surface area contributed by atoms with Gasteiger partial charge in [-0.25, -0.2) is 4.98 Å². The number of hydrogen-bond acceptors (Lipinski definition) is 5. The van der Waals surface area contributed by atoms with Gasteiger partial charge in [-0.2, -0.15) is 0 Å². The first-order valence-electron chi connectivity index (χ1n) is 8.88. The lowest BCUT2D eigenvalue weighted by Crippen LogP contribution is -2.51. The molecule has 152 valence electrons. The standard InChI is InChI=1S/C20H22N4O5/c1-12(20(28)29)22-19(27)16(10-14-6-4-3-5-7-14)24-18(26)15-8-9-17(21-11-15)23-13(2)25/h3-9,11-12,16H,10H2,1-2H3,(H,22,27)(H,24,26)(H,28,29)(H,21,23,25). The molecule has 0 bridgehead atoms. The fourth-order valence-corrected chi connectivity index (χ4v) is 2.46. The van der Waals surface area contributed by atoms with Gasteiger partial charge in [-0.1, -0.05) is 30.3 Å². The van der Waals surface area contributed by atoms with Crippen molar-refractivity contribution in [1.29, 1.82) is 0 Å². The Bertz CT molecular complexity index is 884. The second-order valence-corrected chi connectivity index (χ2v) is 6.40. The third kappa shape index (κ3) is 6.73. The van der Waals surface area contributed by atoms with Gasteiger partial charge in [0.05, 0.1) is 5.56 Å². The highest BCUT2D eigenvalue weighted by Gasteiger charge is 2.25. The number of carboxylic acid groups (broad SMARTS) is 1. The Morgan fingerprint density at radius 2 is 1.72 bits per heavy atom. The van der Waals surface area contributed by atoms with E-state index in [-0.39, 0.29) is 17.9 Å². The van der Waals surface area contributed by atoms with E-state index in [0.29, 0.717) is 5.82 Å². The van der Waals surface area contributed by atoms with Gasteiger partial charge in [0.15, 0.2) is 0 Å². The number of nitrogens with zero attached hydrogens (tertiary/aromatic N) is 1. The lowest BCUT2D eigenvalue weighted by molar-refractivity contribution is -0.141. The summed E-state index contributed by atoms with van der Waals surface area (Å²) in [6.07, 6.45) is 1.46. The highest BCUT2D eigenvalue weighted by Crippen LogP contribution is 2.08. The van der Waals surface area contributed by atoms with Gasteiger partial charge in [0.1, 0.15) is 17.9 Å². The zero-order valence-corrected chi connectivity index (χ0v) is 16.0. The van der Waals surface area contributed by atoms with E-state index in [1.807, 2.05) is 6.07 Å². The van der Waals surface area contributed by atoms with Crippen molar-refractivity contribution in [2.24, 2.45) is 0 Å². The monoisotopic (exact) mass is 398 g/mol. The molecule has 0 aliphatic carbocycles. The maximum Gasteiger partial charge on any atom is 0.325 e. The SMILES string of the molecule is CC(=O)Nc1ccc(C(=O)NC(Cc2ccccc2)C(=O)NC(C)C(=O)O)cn1. The summed E-state index contributed by atoms with van der Waals surface area (Å²) in [6, 6.07) is 9.88. The number of aliphatic carboxylic acids is 1. The Kier molecular flexibility index (Phi) is 7.41. The van der Waals surface area contributed by atoms with Crippen molar-refractivity contribution in [2.75, 3.05) is 5.32 Å². The average Bonchev–Trinajstić information content (AvgIpc) is 2.68. The second kappa shape index (κ2) is 9.98. The summed E-state index contributed by atoms with van der Waals surface area (Å²) in [5.41, 5.74) is 0.992. The molecule has 9 heteroatoms. The van der Waals surface area contributed by atoms with Crippen molar-refractivity contribution in [2.45, 2.75) is 32.4 Å². The van der Waals surface area contributed by atoms with Gasteiger partial charge in [0.2, 0.25) is 11.8 Å². The van der Waals surface area contributed by atoms with Gasteiger partial charge >= 0.3 is 5.97 Å². The highest BCUT2D eigenvalue weighted by atomic mass is 16.4. The van der Waals surface area contributed by atoms with Crippen LogP contribution in [-0.4, -0.2) is 45.9 Å². The van der Waals surface area contributed by atoms with Gasteiger partial charge in [-0.3, -0.25) is 19.2 Å². The molecule has 4 N–H and O–H groups in total. The van der Waals surface area contributed by atoms with Gasteiger partial charge < -0.3 is 21.1 Å². The summed E-state index contributed by atoms with van der Waals surface area (Å²) in [5.74, 6) is -2.34. The van der Waals surface area contributed by atoms with Gasteiger partial charge in [-0.15, -0.1) is 0 Å². The molecule has 0 fully saturated rings. The molecule has 0 spiro atoms. The number of nitrogens with one attached hydrogen (secondary N) is 3. The summed E-state index contributed by atoms with van der Waals surface area (Å²) in [4.78, 5) is 51.2. The smallest absolute Gasteiger partial charge is 0.325 e. The molecular weight excluding hydrogens is 376 g/mol. The molecule has 0 aliphatic rings. The number of amides is 3. The van der Waals surface area contributed by atoms with Gasteiger partial charge in [0, 0.05) is 19.5 Å². The third-order valence-corrected chi connectivity index (χ3v) is 3.96. The van der Waals surface area contributed by atoms with Gasteiger partial charge in [0.25, 0.3) is 5.91 Å². The third-order valence-electron chi connectivity index (χ3n) is 3.96. The number of carbonyl (C=O) groups excluding carboxylic acids is 3. The van der Waals surface area contributed by atoms with Crippen molar-refractivity contribution in [3.63, 3.8) is 0 Å². The summed E-state index contributed by atoms with van der Waals surface area (Å²) in [6.45, 7) is 2.68. The predicted molar refractivity (Wildman–Crippen MR) is 105 cm³/mol. The molecule has 0 radical (unpaired) electrons. The number of anilines is 1. The number of carbonyl (C=O) groups is 4. The predicted octanol–water partition coefficient (Wildman–Crippen LogP) is 0.970. The average molecular weight is 398 g/mol. The quantitative estimate of drug-likeness (QED) is 0.523. The van der Waals surface area contributed by atoms with Crippen LogP contribution in [0.15, 0.2) is 48.7 Å². The van der Waals surface area contributed by atoms with E-state index < -0.39 is 29.9 Å². The van der Waals surface area contributed by atoms with Crippen molar-refractivity contribution >= 4 is 29.5 Å². The number of rotatable bonds is 8. The van der Waals surface area contributed by atoms with Crippen molar-refractivity contribution < 1.29 is 24.3 Å². The summed E-state index contributed by atoms with van der Waals surface area (Å²) >= 11 is 0. The first-order chi connectivity index (χ1) is 13.8. The maximum atomic E-state index is 12.6. The number of hydrogen-bond donors (Lipinski definition) is 4. The number of benzene rings is 1. The van der Waals surface area contributed by atoms with Crippen LogP contribution in [0.5, 0.6) is 0 Å². The van der Waals surface area contributed by atoms with Crippen molar-refractivity contribution in [1.82, 2.24) is 15.6 Å². The lowest BCUT2D eigenvalue weighted by Gasteiger charge is -2.20. The Hall–Kier alpha value is -3.75. The molecule has 0 saturated heterocycles. The largest absolute Gasteiger partial charge is 0.480 e. The molecule has 2 unspecified atom stereocenters. The minimum Gasteiger partial charge on any atom is -0.480 e. The Balaban J connectivity index is 2.14. The summed E-state index contributed by atoms with van der Waals surface area (Å²) in [5, 5.41) is 16.5. The maximum absolute atomic E-state index is 12.6. The Morgan fingerprint density at radius 1 is 1.03 bits per heavy atom. The van der Waals surface area contributed by atoms with Crippen LogP contribution in [0.25, 0.3) is 0 Å². The molecule has 3 amide bonds. The minimum atomic E-state index is -1.18. The molecule has 0 aliphatic heterocycles. The highest BCUT2D eigenvalue weighted by molar-refractivity contribution is 5.98. The molecule has 0 saturated carbocycles. The Morgan fingerprint density at radius 3 is 2.28 bits per heavy atom. The van der Waals surface area contributed by atoms with Crippen LogP contribution in [0, 0.1) is 0 Å². The minimum absolute atomic E-state index is 0.183. The summed E-state index contributed by atoms with van der Waals surface area (Å²) in [7, 11) is 0. The molecule has 1 heterocycles. The van der Waals surface area contributed by atoms with Crippen molar-refractivity contribution in [3.8, 4) is 0 Å². The second-order valence-electron chi connectivity index (χ2n) is 6.40. The van der Waals surface area contributed by atoms with Crippen molar-refractivity contribution in [3.05, 3.63) is 59.8 Å². The molecule has 29 heavy (non-hydrogen) atoms. The topological polar surface area (TPSA) is 137 Å². The molecule has 2 atom stereocenters. The van der Waals surface area contributed by atoms with Crippen LogP contribution in [-0.2, 0) is 20.8 Å². The number of pyridine rings is 1. The van der Waals surface area contributed by atoms with Crippen LogP contribution < -0.4 is 16.0 Å². The fourth-order valence-electron chi connectivity index (χ4n) is 2.46. The molecule has 2 rings (SSSR count). The van der Waals surface area contributed by atoms with Crippen LogP contribution in [0.2, 0.25) is 0 Å². The van der Waals surface area contributed by atoms with E-state index in [1.165, 1.54) is 32.2 Å². The van der Waals surface area contributed by atoms with E-state index in [4.69, 9.17) is 5.11 Å². The zero-order chi connectivity index (χ0) is 21.4. The fraction of sp³-hybridized carbons (Fsp3) is 0.250. The normalized spacial score (nSPS) is 12.3. The van der Waals surface area contributed by atoms with Crippen LogP contribution in [0.1, 0.15) is 29.8 Å². The van der Waals surface area contributed by atoms with E-state index in [1.54, 1.807) is 24.3 Å².